The molecule has 244 valence electrons. The van der Waals surface area contributed by atoms with E-state index in [2.05, 4.69) is 52.4 Å². The number of amides is 2. The minimum Gasteiger partial charge on any atom is -0.494 e. The van der Waals surface area contributed by atoms with E-state index in [1.54, 1.807) is 4.90 Å². The second-order valence-electron chi connectivity index (χ2n) is 11.7. The van der Waals surface area contributed by atoms with Gasteiger partial charge in [-0.1, -0.05) is 37.3 Å². The standard InChI is InChI=1S/C36H45N5O4S/c1-3-25-45-32-15-11-29(12-16-32)37-34(42)26-33-35(43)41(30-13-17-31(18-14-30)44-4-2)36(46)40(33)20-8-19-38-21-23-39(24-22-38)27-28-9-6-5-7-10-28/h5-7,9-18,33H,3-4,8,19-27H2,1-2H3,(H,37,42). The molecule has 2 aliphatic rings. The Balaban J connectivity index is 1.20. The summed E-state index contributed by atoms with van der Waals surface area (Å²) in [4.78, 5) is 35.6. The lowest BCUT2D eigenvalue weighted by Gasteiger charge is -2.35. The summed E-state index contributed by atoms with van der Waals surface area (Å²) in [6, 6.07) is 24.6. The van der Waals surface area contributed by atoms with Crippen LogP contribution in [0.15, 0.2) is 78.9 Å². The highest BCUT2D eigenvalue weighted by Crippen LogP contribution is 2.29. The molecule has 2 aliphatic heterocycles. The molecule has 1 atom stereocenters. The van der Waals surface area contributed by atoms with Gasteiger partial charge in [-0.05, 0) is 92.6 Å². The van der Waals surface area contributed by atoms with Crippen LogP contribution in [0.1, 0.15) is 38.7 Å². The molecule has 3 aromatic carbocycles. The molecule has 9 nitrogen and oxygen atoms in total. The molecule has 1 N–H and O–H groups in total. The van der Waals surface area contributed by atoms with Crippen LogP contribution >= 0.6 is 12.2 Å². The molecule has 0 aromatic heterocycles. The number of nitrogens with zero attached hydrogens (tertiary/aromatic N) is 4. The zero-order valence-electron chi connectivity index (χ0n) is 26.9. The molecule has 0 aliphatic carbocycles. The lowest BCUT2D eigenvalue weighted by atomic mass is 10.1. The number of carbonyl (C=O) groups is 2. The van der Waals surface area contributed by atoms with Gasteiger partial charge >= 0.3 is 0 Å². The first-order chi connectivity index (χ1) is 22.4. The predicted molar refractivity (Wildman–Crippen MR) is 186 cm³/mol. The third-order valence-corrected chi connectivity index (χ3v) is 8.72. The van der Waals surface area contributed by atoms with Gasteiger partial charge in [-0.3, -0.25) is 19.4 Å². The average molecular weight is 644 g/mol. The fraction of sp³-hybridized carbons (Fsp3) is 0.417. The van der Waals surface area contributed by atoms with E-state index in [0.29, 0.717) is 36.2 Å². The normalized spacial score (nSPS) is 17.4. The summed E-state index contributed by atoms with van der Waals surface area (Å²) in [6.07, 6.45) is 1.75. The Kier molecular flexibility index (Phi) is 12.0. The molecular formula is C36H45N5O4S. The molecule has 1 unspecified atom stereocenters. The maximum atomic E-state index is 13.9. The summed E-state index contributed by atoms with van der Waals surface area (Å²) in [7, 11) is 0. The summed E-state index contributed by atoms with van der Waals surface area (Å²) in [5, 5.41) is 3.38. The maximum absolute atomic E-state index is 13.9. The van der Waals surface area contributed by atoms with Crippen molar-refractivity contribution in [2.45, 2.75) is 45.7 Å². The van der Waals surface area contributed by atoms with Crippen molar-refractivity contribution in [2.24, 2.45) is 0 Å². The number of ether oxygens (including phenoxy) is 2. The molecule has 0 saturated carbocycles. The number of benzene rings is 3. The van der Waals surface area contributed by atoms with E-state index in [4.69, 9.17) is 21.7 Å². The first-order valence-electron chi connectivity index (χ1n) is 16.3. The summed E-state index contributed by atoms with van der Waals surface area (Å²) in [6.45, 7) is 11.7. The lowest BCUT2D eigenvalue weighted by Crippen LogP contribution is -2.47. The van der Waals surface area contributed by atoms with Crippen LogP contribution in [0.3, 0.4) is 0 Å². The van der Waals surface area contributed by atoms with Crippen LogP contribution < -0.4 is 19.7 Å². The molecule has 2 fully saturated rings. The molecule has 46 heavy (non-hydrogen) atoms. The van der Waals surface area contributed by atoms with Crippen LogP contribution in [0.2, 0.25) is 0 Å². The molecule has 0 bridgehead atoms. The van der Waals surface area contributed by atoms with Gasteiger partial charge in [-0.25, -0.2) is 0 Å². The maximum Gasteiger partial charge on any atom is 0.256 e. The Labute approximate surface area is 278 Å². The first-order valence-corrected chi connectivity index (χ1v) is 16.7. The molecule has 2 heterocycles. The molecule has 5 rings (SSSR count). The average Bonchev–Trinajstić information content (AvgIpc) is 3.30. The van der Waals surface area contributed by atoms with Crippen LogP contribution in [-0.2, 0) is 16.1 Å². The summed E-state index contributed by atoms with van der Waals surface area (Å²) in [5.74, 6) is 1.05. The Morgan fingerprint density at radius 3 is 2.17 bits per heavy atom. The Morgan fingerprint density at radius 1 is 0.848 bits per heavy atom. The fourth-order valence-corrected chi connectivity index (χ4v) is 6.32. The van der Waals surface area contributed by atoms with Gasteiger partial charge in [0, 0.05) is 45.0 Å². The SMILES string of the molecule is CCCOc1ccc(NC(=O)CC2C(=O)N(c3ccc(OCC)cc3)C(=S)N2CCCN2CCN(Cc3ccccc3)CC2)cc1. The zero-order chi connectivity index (χ0) is 32.3. The number of hydrogen-bond acceptors (Lipinski definition) is 7. The number of thiocarbonyl (C=S) groups is 1. The number of hydrogen-bond donors (Lipinski definition) is 1. The number of piperazine rings is 1. The number of nitrogens with one attached hydrogen (secondary N) is 1. The Bertz CT molecular complexity index is 1430. The van der Waals surface area contributed by atoms with Crippen molar-refractivity contribution >= 4 is 40.5 Å². The van der Waals surface area contributed by atoms with Gasteiger partial charge in [0.1, 0.15) is 17.5 Å². The molecule has 3 aromatic rings. The molecule has 2 amide bonds. The van der Waals surface area contributed by atoms with Crippen molar-refractivity contribution in [1.29, 1.82) is 0 Å². The molecule has 10 heteroatoms. The van der Waals surface area contributed by atoms with Gasteiger partial charge in [0.05, 0.1) is 25.3 Å². The van der Waals surface area contributed by atoms with Gasteiger partial charge in [0.25, 0.3) is 5.91 Å². The van der Waals surface area contributed by atoms with Crippen LogP contribution in [0.4, 0.5) is 11.4 Å². The van der Waals surface area contributed by atoms with E-state index in [9.17, 15) is 9.59 Å². The molecule has 0 radical (unpaired) electrons. The fourth-order valence-electron chi connectivity index (χ4n) is 5.90. The van der Waals surface area contributed by atoms with Gasteiger partial charge < -0.3 is 24.6 Å². The van der Waals surface area contributed by atoms with E-state index >= 15 is 0 Å². The second kappa shape index (κ2) is 16.5. The number of carbonyl (C=O) groups excluding carboxylic acids is 2. The third-order valence-electron chi connectivity index (χ3n) is 8.30. The quantitative estimate of drug-likeness (QED) is 0.220. The second-order valence-corrected chi connectivity index (χ2v) is 12.0. The lowest BCUT2D eigenvalue weighted by molar-refractivity contribution is -0.124. The highest BCUT2D eigenvalue weighted by Gasteiger charge is 2.44. The van der Waals surface area contributed by atoms with E-state index in [-0.39, 0.29) is 18.2 Å². The highest BCUT2D eigenvalue weighted by molar-refractivity contribution is 7.80. The summed E-state index contributed by atoms with van der Waals surface area (Å²) < 4.78 is 11.2. The van der Waals surface area contributed by atoms with E-state index in [1.807, 2.05) is 60.4 Å². The van der Waals surface area contributed by atoms with Crippen LogP contribution in [0.25, 0.3) is 0 Å². The highest BCUT2D eigenvalue weighted by atomic mass is 32.1. The van der Waals surface area contributed by atoms with Gasteiger partial charge in [-0.2, -0.15) is 0 Å². The van der Waals surface area contributed by atoms with Crippen molar-refractivity contribution in [2.75, 3.05) is 62.7 Å². The summed E-state index contributed by atoms with van der Waals surface area (Å²) in [5.41, 5.74) is 2.67. The topological polar surface area (TPSA) is 77.6 Å². The van der Waals surface area contributed by atoms with Crippen LogP contribution in [0.5, 0.6) is 11.5 Å². The molecule has 0 spiro atoms. The van der Waals surface area contributed by atoms with Crippen LogP contribution in [0, 0.1) is 0 Å². The van der Waals surface area contributed by atoms with Gasteiger partial charge in [0.15, 0.2) is 5.11 Å². The van der Waals surface area contributed by atoms with Crippen molar-refractivity contribution in [3.8, 4) is 11.5 Å². The summed E-state index contributed by atoms with van der Waals surface area (Å²) >= 11 is 5.90. The van der Waals surface area contributed by atoms with E-state index < -0.39 is 6.04 Å². The molecule has 2 saturated heterocycles. The number of rotatable bonds is 15. The van der Waals surface area contributed by atoms with Crippen molar-refractivity contribution < 1.29 is 19.1 Å². The molecular weight excluding hydrogens is 598 g/mol. The minimum absolute atomic E-state index is 0.00124. The van der Waals surface area contributed by atoms with Crippen molar-refractivity contribution in [1.82, 2.24) is 14.7 Å². The first kappa shape index (κ1) is 33.4. The third kappa shape index (κ3) is 8.84. The zero-order valence-corrected chi connectivity index (χ0v) is 27.7. The van der Waals surface area contributed by atoms with E-state index in [1.165, 1.54) is 5.56 Å². The van der Waals surface area contributed by atoms with Gasteiger partial charge in [0.2, 0.25) is 5.91 Å². The van der Waals surface area contributed by atoms with Crippen LogP contribution in [-0.4, -0.2) is 90.2 Å². The smallest absolute Gasteiger partial charge is 0.256 e. The number of anilines is 2. The van der Waals surface area contributed by atoms with Gasteiger partial charge in [-0.15, -0.1) is 0 Å². The largest absolute Gasteiger partial charge is 0.494 e. The van der Waals surface area contributed by atoms with E-state index in [0.717, 1.165) is 63.6 Å². The van der Waals surface area contributed by atoms with Crippen molar-refractivity contribution in [3.05, 3.63) is 84.4 Å². The predicted octanol–water partition coefficient (Wildman–Crippen LogP) is 5.41. The Morgan fingerprint density at radius 2 is 1.50 bits per heavy atom. The van der Waals surface area contributed by atoms with Crippen molar-refractivity contribution in [3.63, 3.8) is 0 Å². The Hall–Kier alpha value is -3.99. The minimum atomic E-state index is -0.686. The monoisotopic (exact) mass is 643 g/mol.